The lowest BCUT2D eigenvalue weighted by molar-refractivity contribution is 0.130. The van der Waals surface area contributed by atoms with Crippen molar-refractivity contribution in [2.45, 2.75) is 37.7 Å². The number of nitrogens with zero attached hydrogens (tertiary/aromatic N) is 6. The molecule has 3 aromatic heterocycles. The van der Waals surface area contributed by atoms with Gasteiger partial charge in [-0.2, -0.15) is 4.98 Å². The number of rotatable bonds is 6. The summed E-state index contributed by atoms with van der Waals surface area (Å²) >= 11 is 3.22. The summed E-state index contributed by atoms with van der Waals surface area (Å²) in [5.41, 5.74) is 2.02. The predicted octanol–water partition coefficient (Wildman–Crippen LogP) is 4.56. The van der Waals surface area contributed by atoms with Gasteiger partial charge in [0.15, 0.2) is 5.82 Å². The van der Waals surface area contributed by atoms with E-state index in [-0.39, 0.29) is 6.10 Å². The molecular weight excluding hydrogens is 432 g/mol. The van der Waals surface area contributed by atoms with E-state index in [1.165, 1.54) is 16.2 Å². The molecule has 1 aromatic carbocycles. The van der Waals surface area contributed by atoms with Gasteiger partial charge in [-0.3, -0.25) is 0 Å². The zero-order valence-electron chi connectivity index (χ0n) is 17.7. The topological polar surface area (TPSA) is 81.6 Å². The molecule has 0 radical (unpaired) electrons. The largest absolute Gasteiger partial charge is 0.466 e. The number of imidazole rings is 1. The maximum absolute atomic E-state index is 6.19. The van der Waals surface area contributed by atoms with Crippen LogP contribution in [0.1, 0.15) is 25.6 Å². The van der Waals surface area contributed by atoms with Crippen molar-refractivity contribution in [1.82, 2.24) is 24.7 Å². The summed E-state index contributed by atoms with van der Waals surface area (Å²) in [5, 5.41) is 9.14. The number of ether oxygens (including phenoxy) is 1. The molecule has 162 valence electrons. The van der Waals surface area contributed by atoms with Crippen LogP contribution in [0.2, 0.25) is 0 Å². The van der Waals surface area contributed by atoms with Crippen LogP contribution in [0, 0.1) is 12.8 Å². The van der Waals surface area contributed by atoms with Gasteiger partial charge in [-0.05, 0) is 62.3 Å². The third-order valence-electron chi connectivity index (χ3n) is 5.69. The second kappa shape index (κ2) is 8.51. The fourth-order valence-electron chi connectivity index (χ4n) is 3.86. The summed E-state index contributed by atoms with van der Waals surface area (Å²) in [7, 11) is 0. The van der Waals surface area contributed by atoms with Crippen molar-refractivity contribution in [3.05, 3.63) is 36.3 Å². The third kappa shape index (κ3) is 4.27. The Labute approximate surface area is 188 Å². The Morgan fingerprint density at radius 1 is 1.19 bits per heavy atom. The van der Waals surface area contributed by atoms with E-state index in [0.29, 0.717) is 23.0 Å². The highest BCUT2D eigenvalue weighted by Crippen LogP contribution is 2.30. The summed E-state index contributed by atoms with van der Waals surface area (Å²) in [5.74, 6) is 1.13. The van der Waals surface area contributed by atoms with Crippen molar-refractivity contribution in [2.24, 2.45) is 5.92 Å². The van der Waals surface area contributed by atoms with Crippen LogP contribution in [0.5, 0.6) is 5.19 Å². The van der Waals surface area contributed by atoms with Crippen LogP contribution in [-0.2, 0) is 0 Å². The fourth-order valence-corrected chi connectivity index (χ4v) is 5.08. The minimum absolute atomic E-state index is 0.0842. The van der Waals surface area contributed by atoms with Gasteiger partial charge in [0.25, 0.3) is 5.19 Å². The summed E-state index contributed by atoms with van der Waals surface area (Å²) in [6.07, 6.45) is 6.15. The fraction of sp³-hybridized carbons (Fsp3) is 0.429. The third-order valence-corrected chi connectivity index (χ3v) is 7.24. The van der Waals surface area contributed by atoms with Crippen LogP contribution in [0.3, 0.4) is 0 Å². The minimum atomic E-state index is 0.0842. The van der Waals surface area contributed by atoms with Gasteiger partial charge in [-0.25, -0.2) is 9.50 Å². The molecular formula is C21H24N6O2S2. The molecule has 1 atom stereocenters. The average Bonchev–Trinajstić information content (AvgIpc) is 3.49. The molecule has 0 aliphatic carbocycles. The molecule has 1 saturated heterocycles. The van der Waals surface area contributed by atoms with E-state index < -0.39 is 0 Å². The van der Waals surface area contributed by atoms with Crippen LogP contribution in [0.25, 0.3) is 16.2 Å². The van der Waals surface area contributed by atoms with Crippen LogP contribution in [-0.4, -0.2) is 50.2 Å². The van der Waals surface area contributed by atoms with E-state index in [0.717, 1.165) is 42.1 Å². The Kier molecular flexibility index (Phi) is 5.58. The molecule has 4 aromatic rings. The number of aryl methyl sites for hydroxylation is 1. The Morgan fingerprint density at radius 3 is 2.61 bits per heavy atom. The van der Waals surface area contributed by atoms with Gasteiger partial charge in [0, 0.05) is 23.5 Å². The van der Waals surface area contributed by atoms with Crippen molar-refractivity contribution in [1.29, 1.82) is 0 Å². The van der Waals surface area contributed by atoms with Crippen LogP contribution in [0.4, 0.5) is 6.01 Å². The maximum atomic E-state index is 6.19. The summed E-state index contributed by atoms with van der Waals surface area (Å²) < 4.78 is 13.3. The SMILES string of the molecule is CSc1ccc(-c2cn3nc(OC(C)C4CCN(c5nc(C)no5)CC4)sc3n2)cc1. The predicted molar refractivity (Wildman–Crippen MR) is 122 cm³/mol. The molecule has 8 nitrogen and oxygen atoms in total. The van der Waals surface area contributed by atoms with Crippen molar-refractivity contribution < 1.29 is 9.26 Å². The molecule has 0 bridgehead atoms. The van der Waals surface area contributed by atoms with Gasteiger partial charge in [0.2, 0.25) is 4.96 Å². The van der Waals surface area contributed by atoms with Gasteiger partial charge in [0.1, 0.15) is 6.10 Å². The number of piperidine rings is 1. The van der Waals surface area contributed by atoms with Crippen LogP contribution < -0.4 is 9.64 Å². The Balaban J connectivity index is 1.21. The quantitative estimate of drug-likeness (QED) is 0.391. The minimum Gasteiger partial charge on any atom is -0.466 e. The molecule has 1 unspecified atom stereocenters. The van der Waals surface area contributed by atoms with Crippen molar-refractivity contribution >= 4 is 34.1 Å². The average molecular weight is 457 g/mol. The van der Waals surface area contributed by atoms with E-state index in [4.69, 9.17) is 14.2 Å². The van der Waals surface area contributed by atoms with E-state index in [1.807, 2.05) is 17.6 Å². The second-order valence-corrected chi connectivity index (χ2v) is 9.52. The normalized spacial score (nSPS) is 16.2. The number of thioether (sulfide) groups is 1. The monoisotopic (exact) mass is 456 g/mol. The van der Waals surface area contributed by atoms with Crippen molar-refractivity contribution in [3.63, 3.8) is 0 Å². The first-order valence-electron chi connectivity index (χ1n) is 10.3. The van der Waals surface area contributed by atoms with E-state index in [9.17, 15) is 0 Å². The highest BCUT2D eigenvalue weighted by molar-refractivity contribution is 7.98. The van der Waals surface area contributed by atoms with Gasteiger partial charge >= 0.3 is 6.01 Å². The summed E-state index contributed by atoms with van der Waals surface area (Å²) in [6.45, 7) is 5.74. The Morgan fingerprint density at radius 2 is 1.97 bits per heavy atom. The lowest BCUT2D eigenvalue weighted by Crippen LogP contribution is -2.38. The number of benzene rings is 1. The standard InChI is InChI=1S/C21H24N6O2S2/c1-13(15-8-10-26(11-9-15)19-22-14(2)25-29-19)28-21-24-27-12-18(23-20(27)31-21)16-4-6-17(30-3)7-5-16/h4-7,12-13,15H,8-11H2,1-3H3. The van der Waals surface area contributed by atoms with E-state index in [2.05, 4.69) is 57.6 Å². The molecule has 0 saturated carbocycles. The molecule has 1 aliphatic heterocycles. The first-order chi connectivity index (χ1) is 15.1. The van der Waals surface area contributed by atoms with E-state index in [1.54, 1.807) is 11.8 Å². The number of hydrogen-bond acceptors (Lipinski definition) is 9. The number of hydrogen-bond donors (Lipinski definition) is 0. The van der Waals surface area contributed by atoms with E-state index >= 15 is 0 Å². The summed E-state index contributed by atoms with van der Waals surface area (Å²) in [6, 6.07) is 9.04. The molecule has 10 heteroatoms. The molecule has 0 spiro atoms. The highest BCUT2D eigenvalue weighted by Gasteiger charge is 2.28. The lowest BCUT2D eigenvalue weighted by Gasteiger charge is -2.33. The first-order valence-corrected chi connectivity index (χ1v) is 12.4. The Hall–Kier alpha value is -2.59. The number of aromatic nitrogens is 5. The van der Waals surface area contributed by atoms with Crippen molar-refractivity contribution in [3.8, 4) is 16.5 Å². The highest BCUT2D eigenvalue weighted by atomic mass is 32.2. The number of anilines is 1. The molecule has 0 amide bonds. The second-order valence-electron chi connectivity index (χ2n) is 7.72. The molecule has 0 N–H and O–H groups in total. The first kappa shape index (κ1) is 20.3. The van der Waals surface area contributed by atoms with Gasteiger partial charge in [-0.1, -0.05) is 17.3 Å². The summed E-state index contributed by atoms with van der Waals surface area (Å²) in [4.78, 5) is 13.3. The Bertz CT molecular complexity index is 1130. The lowest BCUT2D eigenvalue weighted by atomic mass is 9.92. The van der Waals surface area contributed by atoms with Gasteiger partial charge in [0.05, 0.1) is 11.9 Å². The molecule has 1 aliphatic rings. The number of fused-ring (bicyclic) bond motifs is 1. The van der Waals surface area contributed by atoms with Crippen molar-refractivity contribution in [2.75, 3.05) is 24.2 Å². The zero-order chi connectivity index (χ0) is 21.4. The zero-order valence-corrected chi connectivity index (χ0v) is 19.3. The van der Waals surface area contributed by atoms with Crippen LogP contribution in [0.15, 0.2) is 39.9 Å². The van der Waals surface area contributed by atoms with Gasteiger partial charge in [-0.15, -0.1) is 16.9 Å². The molecule has 31 heavy (non-hydrogen) atoms. The molecule has 5 rings (SSSR count). The molecule has 4 heterocycles. The smallest absolute Gasteiger partial charge is 0.324 e. The maximum Gasteiger partial charge on any atom is 0.324 e. The molecule has 1 fully saturated rings. The van der Waals surface area contributed by atoms with Crippen LogP contribution >= 0.6 is 23.1 Å². The van der Waals surface area contributed by atoms with Gasteiger partial charge < -0.3 is 14.2 Å².